The van der Waals surface area contributed by atoms with Crippen LogP contribution in [0.1, 0.15) is 67.1 Å². The normalized spacial score (nSPS) is 14.0. The molecule has 2 unspecified atom stereocenters. The second-order valence-corrected chi connectivity index (χ2v) is 11.5. The van der Waals surface area contributed by atoms with Gasteiger partial charge in [-0.15, -0.1) is 6.58 Å². The molecule has 4 aromatic carbocycles. The van der Waals surface area contributed by atoms with Gasteiger partial charge in [0.1, 0.15) is 12.0 Å². The summed E-state index contributed by atoms with van der Waals surface area (Å²) in [5.74, 6) is 1.06. The van der Waals surface area contributed by atoms with E-state index in [1.807, 2.05) is 42.5 Å². The molecule has 0 aromatic heterocycles. The Morgan fingerprint density at radius 3 is 2.11 bits per heavy atom. The SMILES string of the molecule is C=CC/C=C\C=C(/C)c1cccc(/C(C)=C/C=C\C(C)c2ccccc2N/C(=C/Cc2ccccc2)NC(N)c2ccccc2)c1. The number of nitrogens with one attached hydrogen (secondary N) is 2. The van der Waals surface area contributed by atoms with Crippen molar-refractivity contribution in [1.82, 2.24) is 5.32 Å². The van der Waals surface area contributed by atoms with Gasteiger partial charge in [0, 0.05) is 11.6 Å². The smallest absolute Gasteiger partial charge is 0.102 e. The van der Waals surface area contributed by atoms with Gasteiger partial charge in [0.05, 0.1) is 0 Å². The first kappa shape index (κ1) is 33.8. The molecule has 0 bridgehead atoms. The highest BCUT2D eigenvalue weighted by molar-refractivity contribution is 5.72. The van der Waals surface area contributed by atoms with Crippen LogP contribution in [0.2, 0.25) is 0 Å². The monoisotopic (exact) mass is 605 g/mol. The lowest BCUT2D eigenvalue weighted by atomic mass is 9.97. The molecule has 0 spiro atoms. The molecule has 46 heavy (non-hydrogen) atoms. The van der Waals surface area contributed by atoms with Crippen LogP contribution < -0.4 is 16.4 Å². The molecule has 234 valence electrons. The first-order valence-corrected chi connectivity index (χ1v) is 16.0. The van der Waals surface area contributed by atoms with Gasteiger partial charge in [-0.1, -0.05) is 147 Å². The number of nitrogens with two attached hydrogens (primary N) is 1. The van der Waals surface area contributed by atoms with Crippen molar-refractivity contribution in [3.05, 3.63) is 198 Å². The number of anilines is 1. The average Bonchev–Trinajstić information content (AvgIpc) is 3.10. The summed E-state index contributed by atoms with van der Waals surface area (Å²) < 4.78 is 0. The molecule has 0 aliphatic rings. The van der Waals surface area contributed by atoms with Gasteiger partial charge < -0.3 is 16.4 Å². The lowest BCUT2D eigenvalue weighted by molar-refractivity contribution is 0.625. The summed E-state index contributed by atoms with van der Waals surface area (Å²) in [5.41, 5.74) is 16.0. The van der Waals surface area contributed by atoms with E-state index < -0.39 is 0 Å². The number of allylic oxidation sites excluding steroid dienone is 10. The number of hydrogen-bond donors (Lipinski definition) is 3. The maximum atomic E-state index is 6.60. The molecule has 2 atom stereocenters. The van der Waals surface area contributed by atoms with Gasteiger partial charge in [-0.05, 0) is 83.9 Å². The highest BCUT2D eigenvalue weighted by atomic mass is 15.2. The van der Waals surface area contributed by atoms with Crippen LogP contribution in [0.15, 0.2) is 170 Å². The van der Waals surface area contributed by atoms with Crippen LogP contribution in [0.4, 0.5) is 5.69 Å². The van der Waals surface area contributed by atoms with E-state index in [0.717, 1.165) is 29.9 Å². The molecule has 4 rings (SSSR count). The van der Waals surface area contributed by atoms with Crippen molar-refractivity contribution in [2.45, 2.75) is 45.7 Å². The van der Waals surface area contributed by atoms with Crippen molar-refractivity contribution in [3.8, 4) is 0 Å². The quantitative estimate of drug-likeness (QED) is 0.0718. The van der Waals surface area contributed by atoms with E-state index in [2.05, 4.69) is 153 Å². The predicted molar refractivity (Wildman–Crippen MR) is 200 cm³/mol. The minimum Gasteiger partial charge on any atom is -0.353 e. The van der Waals surface area contributed by atoms with Gasteiger partial charge in [0.25, 0.3) is 0 Å². The van der Waals surface area contributed by atoms with E-state index in [1.165, 1.54) is 33.4 Å². The highest BCUT2D eigenvalue weighted by Crippen LogP contribution is 2.27. The molecule has 0 radical (unpaired) electrons. The Kier molecular flexibility index (Phi) is 13.2. The summed E-state index contributed by atoms with van der Waals surface area (Å²) in [5, 5.41) is 7.18. The van der Waals surface area contributed by atoms with Crippen LogP contribution in [-0.4, -0.2) is 0 Å². The Morgan fingerprint density at radius 2 is 1.41 bits per heavy atom. The van der Waals surface area contributed by atoms with Crippen molar-refractivity contribution in [2.24, 2.45) is 5.73 Å². The van der Waals surface area contributed by atoms with E-state index in [1.54, 1.807) is 0 Å². The van der Waals surface area contributed by atoms with Crippen LogP contribution >= 0.6 is 0 Å². The molecule has 4 N–H and O–H groups in total. The van der Waals surface area contributed by atoms with Crippen molar-refractivity contribution in [2.75, 3.05) is 5.32 Å². The number of benzene rings is 4. The number of para-hydroxylation sites is 1. The summed E-state index contributed by atoms with van der Waals surface area (Å²) in [4.78, 5) is 0. The van der Waals surface area contributed by atoms with E-state index in [-0.39, 0.29) is 12.1 Å². The molecule has 3 nitrogen and oxygen atoms in total. The maximum Gasteiger partial charge on any atom is 0.102 e. The summed E-state index contributed by atoms with van der Waals surface area (Å²) in [7, 11) is 0. The molecule has 0 heterocycles. The van der Waals surface area contributed by atoms with Gasteiger partial charge in [0.2, 0.25) is 0 Å². The maximum absolute atomic E-state index is 6.60. The molecule has 0 aliphatic carbocycles. The second-order valence-electron chi connectivity index (χ2n) is 11.5. The fraction of sp³-hybridized carbons (Fsp3) is 0.163. The standard InChI is InChI=1S/C43H47N3/c1-5-6-7-10-19-33(2)38-26-18-27-39(32-38)34(3)20-17-21-35(4)40-28-15-16-29-41(40)45-42(31-30-36-22-11-8-12-23-36)46-43(44)37-24-13-9-14-25-37/h5,7-29,31-32,35,43,45-46H,1,6,30,44H2,2-4H3/b10-7-,21-17-,33-19+,34-20+,42-31-. The van der Waals surface area contributed by atoms with E-state index in [0.29, 0.717) is 0 Å². The zero-order valence-corrected chi connectivity index (χ0v) is 27.4. The molecule has 0 aliphatic heterocycles. The van der Waals surface area contributed by atoms with E-state index in [9.17, 15) is 0 Å². The molecular formula is C43H47N3. The van der Waals surface area contributed by atoms with Crippen molar-refractivity contribution in [3.63, 3.8) is 0 Å². The Hall–Kier alpha value is -5.12. The van der Waals surface area contributed by atoms with Gasteiger partial charge in [-0.3, -0.25) is 0 Å². The Balaban J connectivity index is 1.50. The molecule has 0 saturated carbocycles. The molecular weight excluding hydrogens is 558 g/mol. The molecule has 3 heteroatoms. The van der Waals surface area contributed by atoms with Gasteiger partial charge in [-0.2, -0.15) is 0 Å². The van der Waals surface area contributed by atoms with Crippen LogP contribution in [0.5, 0.6) is 0 Å². The average molecular weight is 606 g/mol. The minimum absolute atomic E-state index is 0.185. The zero-order valence-electron chi connectivity index (χ0n) is 27.4. The molecule has 4 aromatic rings. The summed E-state index contributed by atoms with van der Waals surface area (Å²) >= 11 is 0. The van der Waals surface area contributed by atoms with Gasteiger partial charge in [0.15, 0.2) is 0 Å². The molecule has 0 fully saturated rings. The third-order valence-electron chi connectivity index (χ3n) is 7.88. The lowest BCUT2D eigenvalue weighted by Crippen LogP contribution is -2.31. The van der Waals surface area contributed by atoms with E-state index >= 15 is 0 Å². The van der Waals surface area contributed by atoms with Crippen LogP contribution in [0.25, 0.3) is 11.1 Å². The van der Waals surface area contributed by atoms with Crippen molar-refractivity contribution < 1.29 is 0 Å². The van der Waals surface area contributed by atoms with Gasteiger partial charge in [-0.25, -0.2) is 0 Å². The van der Waals surface area contributed by atoms with Crippen molar-refractivity contribution in [1.29, 1.82) is 0 Å². The lowest BCUT2D eigenvalue weighted by Gasteiger charge is -2.22. The second kappa shape index (κ2) is 18.0. The largest absolute Gasteiger partial charge is 0.353 e. The fourth-order valence-corrected chi connectivity index (χ4v) is 5.10. The van der Waals surface area contributed by atoms with Crippen molar-refractivity contribution >= 4 is 16.8 Å². The topological polar surface area (TPSA) is 50.1 Å². The minimum atomic E-state index is -0.347. The first-order chi connectivity index (χ1) is 22.4. The summed E-state index contributed by atoms with van der Waals surface area (Å²) in [6.45, 7) is 10.3. The Morgan fingerprint density at radius 1 is 0.783 bits per heavy atom. The Labute approximate surface area is 276 Å². The van der Waals surface area contributed by atoms with Crippen LogP contribution in [0.3, 0.4) is 0 Å². The third kappa shape index (κ3) is 10.5. The molecule has 0 amide bonds. The predicted octanol–water partition coefficient (Wildman–Crippen LogP) is 10.7. The third-order valence-corrected chi connectivity index (χ3v) is 7.88. The fourth-order valence-electron chi connectivity index (χ4n) is 5.10. The van der Waals surface area contributed by atoms with Crippen LogP contribution in [0, 0.1) is 0 Å². The number of rotatable bonds is 15. The number of hydrogen-bond acceptors (Lipinski definition) is 3. The summed E-state index contributed by atoms with van der Waals surface area (Å²) in [6, 6.07) is 37.7. The highest BCUT2D eigenvalue weighted by Gasteiger charge is 2.12. The Bertz CT molecular complexity index is 1690. The van der Waals surface area contributed by atoms with Gasteiger partial charge >= 0.3 is 0 Å². The zero-order chi connectivity index (χ0) is 32.6. The summed E-state index contributed by atoms with van der Waals surface area (Å²) in [6.07, 6.45) is 18.4. The van der Waals surface area contributed by atoms with Crippen LogP contribution in [-0.2, 0) is 6.42 Å². The molecule has 0 saturated heterocycles. The van der Waals surface area contributed by atoms with E-state index in [4.69, 9.17) is 5.73 Å². The first-order valence-electron chi connectivity index (χ1n) is 16.0.